The second kappa shape index (κ2) is 5.77. The van der Waals surface area contributed by atoms with Crippen LogP contribution in [0.4, 0.5) is 11.5 Å². The Morgan fingerprint density at radius 1 is 1.32 bits per heavy atom. The van der Waals surface area contributed by atoms with Gasteiger partial charge in [0.2, 0.25) is 0 Å². The maximum atomic E-state index is 6.11. The Bertz CT molecular complexity index is 539. The third-order valence-electron chi connectivity index (χ3n) is 3.11. The zero-order valence-corrected chi connectivity index (χ0v) is 11.8. The summed E-state index contributed by atoms with van der Waals surface area (Å²) in [6, 6.07) is 0. The number of hydrogen-bond donors (Lipinski definition) is 2. The zero-order valence-electron chi connectivity index (χ0n) is 11.8. The molecule has 0 aliphatic rings. The van der Waals surface area contributed by atoms with Crippen molar-refractivity contribution in [3.05, 3.63) is 23.7 Å². The number of aryl methyl sites for hydroxylation is 3. The first-order chi connectivity index (χ1) is 9.11. The van der Waals surface area contributed by atoms with E-state index in [0.29, 0.717) is 0 Å². The van der Waals surface area contributed by atoms with Crippen LogP contribution in [0, 0.1) is 0 Å². The van der Waals surface area contributed by atoms with Crippen LogP contribution in [0.15, 0.2) is 12.4 Å². The van der Waals surface area contributed by atoms with Crippen molar-refractivity contribution >= 4 is 11.5 Å². The summed E-state index contributed by atoms with van der Waals surface area (Å²) in [5.74, 6) is 0.910. The second-order valence-corrected chi connectivity index (χ2v) is 4.78. The largest absolute Gasteiger partial charge is 0.394 e. The lowest BCUT2D eigenvalue weighted by Gasteiger charge is -2.06. The lowest BCUT2D eigenvalue weighted by Crippen LogP contribution is -2.09. The van der Waals surface area contributed by atoms with Crippen molar-refractivity contribution in [2.75, 3.05) is 17.6 Å². The van der Waals surface area contributed by atoms with Crippen molar-refractivity contribution in [1.82, 2.24) is 19.6 Å². The molecule has 0 aliphatic heterocycles. The number of nitrogens with zero attached hydrogens (tertiary/aromatic N) is 4. The van der Waals surface area contributed by atoms with Crippen molar-refractivity contribution in [2.45, 2.75) is 26.2 Å². The lowest BCUT2D eigenvalue weighted by atomic mass is 10.2. The van der Waals surface area contributed by atoms with Crippen LogP contribution < -0.4 is 11.1 Å². The van der Waals surface area contributed by atoms with Gasteiger partial charge < -0.3 is 11.1 Å². The van der Waals surface area contributed by atoms with Gasteiger partial charge in [-0.1, -0.05) is 13.3 Å². The molecule has 0 fully saturated rings. The van der Waals surface area contributed by atoms with Crippen molar-refractivity contribution in [1.29, 1.82) is 0 Å². The van der Waals surface area contributed by atoms with E-state index in [1.165, 1.54) is 5.56 Å². The van der Waals surface area contributed by atoms with Gasteiger partial charge in [-0.3, -0.25) is 9.36 Å². The van der Waals surface area contributed by atoms with Crippen LogP contribution in [0.1, 0.15) is 24.6 Å². The first-order valence-corrected chi connectivity index (χ1v) is 6.64. The van der Waals surface area contributed by atoms with Gasteiger partial charge in [-0.05, 0) is 18.4 Å². The fourth-order valence-corrected chi connectivity index (χ4v) is 2.15. The third kappa shape index (κ3) is 3.07. The molecule has 0 saturated carbocycles. The molecule has 0 radical (unpaired) electrons. The molecule has 0 saturated heterocycles. The van der Waals surface area contributed by atoms with Crippen molar-refractivity contribution < 1.29 is 0 Å². The van der Waals surface area contributed by atoms with Crippen LogP contribution >= 0.6 is 0 Å². The fraction of sp³-hybridized carbons (Fsp3) is 0.538. The summed E-state index contributed by atoms with van der Waals surface area (Å²) in [6.07, 6.45) is 6.80. The summed E-state index contributed by atoms with van der Waals surface area (Å²) < 4.78 is 3.64. The first-order valence-electron chi connectivity index (χ1n) is 6.64. The number of nitrogens with two attached hydrogens (primary N) is 1. The summed E-state index contributed by atoms with van der Waals surface area (Å²) in [7, 11) is 3.84. The van der Waals surface area contributed by atoms with E-state index in [1.807, 2.05) is 35.9 Å². The molecule has 2 rings (SSSR count). The molecular formula is C13H22N6. The van der Waals surface area contributed by atoms with Gasteiger partial charge in [-0.25, -0.2) is 0 Å². The molecule has 104 valence electrons. The number of rotatable bonds is 6. The quantitative estimate of drug-likeness (QED) is 0.824. The molecule has 3 N–H and O–H groups in total. The molecule has 6 nitrogen and oxygen atoms in total. The average Bonchev–Trinajstić information content (AvgIpc) is 2.89. The molecule has 0 aliphatic carbocycles. The van der Waals surface area contributed by atoms with Gasteiger partial charge in [0.1, 0.15) is 5.82 Å². The highest BCUT2D eigenvalue weighted by Crippen LogP contribution is 2.22. The standard InChI is InChI=1S/C13H22N6/c1-4-5-11-12(14)13(19(3)17-11)15-7-6-10-8-16-18(2)9-10/h8-9,15H,4-7,14H2,1-3H3. The molecule has 6 heteroatoms. The van der Waals surface area contributed by atoms with Gasteiger partial charge >= 0.3 is 0 Å². The fourth-order valence-electron chi connectivity index (χ4n) is 2.15. The average molecular weight is 262 g/mol. The molecule has 0 spiro atoms. The van der Waals surface area contributed by atoms with Gasteiger partial charge in [0.15, 0.2) is 0 Å². The Morgan fingerprint density at radius 3 is 2.74 bits per heavy atom. The van der Waals surface area contributed by atoms with E-state index in [2.05, 4.69) is 22.4 Å². The predicted octanol–water partition coefficient (Wildman–Crippen LogP) is 1.34. The molecule has 0 amide bonds. The van der Waals surface area contributed by atoms with E-state index in [9.17, 15) is 0 Å². The van der Waals surface area contributed by atoms with E-state index in [0.717, 1.165) is 43.0 Å². The second-order valence-electron chi connectivity index (χ2n) is 4.78. The summed E-state index contributed by atoms with van der Waals surface area (Å²) in [5, 5.41) is 12.0. The Kier molecular flexibility index (Phi) is 4.09. The van der Waals surface area contributed by atoms with Crippen LogP contribution in [-0.4, -0.2) is 26.1 Å². The molecule has 2 heterocycles. The minimum absolute atomic E-state index is 0.774. The molecule has 0 bridgehead atoms. The number of nitrogens with one attached hydrogen (secondary N) is 1. The van der Waals surface area contributed by atoms with Crippen molar-refractivity contribution in [3.63, 3.8) is 0 Å². The van der Waals surface area contributed by atoms with Crippen molar-refractivity contribution in [3.8, 4) is 0 Å². The minimum atomic E-state index is 0.774. The smallest absolute Gasteiger partial charge is 0.147 e. The van der Waals surface area contributed by atoms with E-state index in [-0.39, 0.29) is 0 Å². The SMILES string of the molecule is CCCc1nn(C)c(NCCc2cnn(C)c2)c1N. The van der Waals surface area contributed by atoms with Crippen LogP contribution in [0.3, 0.4) is 0 Å². The highest BCUT2D eigenvalue weighted by Gasteiger charge is 2.11. The Morgan fingerprint density at radius 2 is 2.11 bits per heavy atom. The first kappa shape index (κ1) is 13.5. The summed E-state index contributed by atoms with van der Waals surface area (Å²) >= 11 is 0. The predicted molar refractivity (Wildman–Crippen MR) is 77.0 cm³/mol. The van der Waals surface area contributed by atoms with Gasteiger partial charge in [0.05, 0.1) is 17.6 Å². The topological polar surface area (TPSA) is 73.7 Å². The number of nitrogen functional groups attached to an aromatic ring is 1. The lowest BCUT2D eigenvalue weighted by molar-refractivity contribution is 0.734. The maximum absolute atomic E-state index is 6.11. The van der Waals surface area contributed by atoms with Gasteiger partial charge in [0, 0.05) is 26.8 Å². The van der Waals surface area contributed by atoms with Crippen LogP contribution in [-0.2, 0) is 26.9 Å². The summed E-state index contributed by atoms with van der Waals surface area (Å²) in [4.78, 5) is 0. The number of hydrogen-bond acceptors (Lipinski definition) is 4. The van der Waals surface area contributed by atoms with Crippen molar-refractivity contribution in [2.24, 2.45) is 14.1 Å². The summed E-state index contributed by atoms with van der Waals surface area (Å²) in [5.41, 5.74) is 9.08. The molecule has 0 aromatic carbocycles. The molecule has 0 unspecified atom stereocenters. The molecule has 2 aromatic heterocycles. The third-order valence-corrected chi connectivity index (χ3v) is 3.11. The monoisotopic (exact) mass is 262 g/mol. The van der Waals surface area contributed by atoms with Crippen LogP contribution in [0.5, 0.6) is 0 Å². The zero-order chi connectivity index (χ0) is 13.8. The molecular weight excluding hydrogens is 240 g/mol. The highest BCUT2D eigenvalue weighted by molar-refractivity contribution is 5.65. The molecule has 19 heavy (non-hydrogen) atoms. The van der Waals surface area contributed by atoms with E-state index >= 15 is 0 Å². The highest BCUT2D eigenvalue weighted by atomic mass is 15.3. The van der Waals surface area contributed by atoms with E-state index in [4.69, 9.17) is 5.73 Å². The minimum Gasteiger partial charge on any atom is -0.394 e. The Hall–Kier alpha value is -1.98. The van der Waals surface area contributed by atoms with Crippen LogP contribution in [0.25, 0.3) is 0 Å². The molecule has 2 aromatic rings. The Labute approximate surface area is 113 Å². The van der Waals surface area contributed by atoms with E-state index in [1.54, 1.807) is 0 Å². The summed E-state index contributed by atoms with van der Waals surface area (Å²) in [6.45, 7) is 2.95. The van der Waals surface area contributed by atoms with Crippen LogP contribution in [0.2, 0.25) is 0 Å². The van der Waals surface area contributed by atoms with E-state index < -0.39 is 0 Å². The van der Waals surface area contributed by atoms with Gasteiger partial charge in [0.25, 0.3) is 0 Å². The number of aromatic nitrogens is 4. The van der Waals surface area contributed by atoms with Gasteiger partial charge in [-0.15, -0.1) is 0 Å². The Balaban J connectivity index is 1.95. The maximum Gasteiger partial charge on any atom is 0.147 e. The number of anilines is 2. The van der Waals surface area contributed by atoms with Gasteiger partial charge in [-0.2, -0.15) is 10.2 Å². The normalized spacial score (nSPS) is 10.9. The molecule has 0 atom stereocenters.